The van der Waals surface area contributed by atoms with E-state index in [-0.39, 0.29) is 19.2 Å². The Labute approximate surface area is 231 Å². The van der Waals surface area contributed by atoms with Crippen LogP contribution >= 0.6 is 0 Å². The molecule has 0 fully saturated rings. The molecule has 1 heterocycles. The van der Waals surface area contributed by atoms with Crippen molar-refractivity contribution in [1.29, 1.82) is 0 Å². The number of aryl methyl sites for hydroxylation is 2. The largest absolute Gasteiger partial charge is 0.458 e. The van der Waals surface area contributed by atoms with E-state index in [9.17, 15) is 14.9 Å². The molecule has 10 nitrogen and oxygen atoms in total. The van der Waals surface area contributed by atoms with E-state index in [2.05, 4.69) is 14.8 Å². The Kier molecular flexibility index (Phi) is 9.03. The highest BCUT2D eigenvalue weighted by atomic mass is 16.9. The standard InChI is InChI=1S/C30H29N3O7/c1-21-17-22(2)32-29(31-21)40-27(28(34)38-19-23-11-10-12-24(18-23)20-39-33(35)36)30(37-3,25-13-6-4-7-14-25)26-15-8-5-9-16-26/h4-18,27H,19-20H2,1-3H3/t27-/m1/s1. The number of carbonyl (C=O) groups is 1. The summed E-state index contributed by atoms with van der Waals surface area (Å²) in [6.07, 6.45) is -1.36. The minimum Gasteiger partial charge on any atom is -0.458 e. The Balaban J connectivity index is 1.74. The van der Waals surface area contributed by atoms with Crippen LogP contribution < -0.4 is 4.74 Å². The first-order valence-corrected chi connectivity index (χ1v) is 12.5. The SMILES string of the molecule is COC(c1ccccc1)(c1ccccc1)[C@H](Oc1nc(C)cc(C)n1)C(=O)OCc1cccc(CO[N+](=O)[O-])c1. The molecule has 0 spiro atoms. The highest BCUT2D eigenvalue weighted by Crippen LogP contribution is 2.39. The molecule has 0 saturated carbocycles. The highest BCUT2D eigenvalue weighted by molar-refractivity contribution is 5.78. The summed E-state index contributed by atoms with van der Waals surface area (Å²) in [5.74, 6) is -0.718. The maximum absolute atomic E-state index is 13.9. The van der Waals surface area contributed by atoms with Crippen molar-refractivity contribution in [3.05, 3.63) is 135 Å². The molecule has 0 bridgehead atoms. The molecule has 1 aromatic heterocycles. The first-order valence-electron chi connectivity index (χ1n) is 12.5. The normalized spacial score (nSPS) is 11.9. The molecule has 0 radical (unpaired) electrons. The number of aromatic nitrogens is 2. The van der Waals surface area contributed by atoms with Gasteiger partial charge in [0.15, 0.2) is 5.60 Å². The van der Waals surface area contributed by atoms with Crippen LogP contribution in [0, 0.1) is 24.0 Å². The van der Waals surface area contributed by atoms with Gasteiger partial charge in [-0.2, -0.15) is 0 Å². The van der Waals surface area contributed by atoms with E-state index < -0.39 is 22.8 Å². The van der Waals surface area contributed by atoms with Crippen molar-refractivity contribution in [2.24, 2.45) is 0 Å². The van der Waals surface area contributed by atoms with Gasteiger partial charge in [0.25, 0.3) is 5.09 Å². The van der Waals surface area contributed by atoms with Gasteiger partial charge in [0.05, 0.1) is 0 Å². The van der Waals surface area contributed by atoms with Gasteiger partial charge in [-0.3, -0.25) is 0 Å². The third-order valence-electron chi connectivity index (χ3n) is 6.20. The van der Waals surface area contributed by atoms with Gasteiger partial charge in [0, 0.05) is 18.5 Å². The molecule has 40 heavy (non-hydrogen) atoms. The molecule has 0 unspecified atom stereocenters. The average Bonchev–Trinajstić information content (AvgIpc) is 2.96. The minimum atomic E-state index is -1.43. The van der Waals surface area contributed by atoms with Crippen molar-refractivity contribution in [3.8, 4) is 6.01 Å². The van der Waals surface area contributed by atoms with E-state index in [0.717, 1.165) is 0 Å². The lowest BCUT2D eigenvalue weighted by molar-refractivity contribution is -0.763. The number of methoxy groups -OCH3 is 1. The van der Waals surface area contributed by atoms with Gasteiger partial charge in [0.2, 0.25) is 6.10 Å². The molecule has 0 aliphatic heterocycles. The fourth-order valence-corrected chi connectivity index (χ4v) is 4.50. The Morgan fingerprint density at radius 1 is 0.850 bits per heavy atom. The van der Waals surface area contributed by atoms with Crippen LogP contribution in [0.5, 0.6) is 6.01 Å². The van der Waals surface area contributed by atoms with Crippen LogP contribution in [0.3, 0.4) is 0 Å². The van der Waals surface area contributed by atoms with Gasteiger partial charge in [-0.05, 0) is 42.2 Å². The Morgan fingerprint density at radius 2 is 1.40 bits per heavy atom. The Bertz CT molecular complexity index is 1390. The molecular weight excluding hydrogens is 514 g/mol. The van der Waals surface area contributed by atoms with Crippen molar-refractivity contribution in [2.45, 2.75) is 38.8 Å². The van der Waals surface area contributed by atoms with Crippen molar-refractivity contribution >= 4 is 5.97 Å². The molecule has 4 rings (SSSR count). The number of hydrogen-bond acceptors (Lipinski definition) is 9. The highest BCUT2D eigenvalue weighted by Gasteiger charge is 2.50. The number of benzene rings is 3. The van der Waals surface area contributed by atoms with Crippen LogP contribution in [0.1, 0.15) is 33.6 Å². The molecule has 0 saturated heterocycles. The number of rotatable bonds is 12. The summed E-state index contributed by atoms with van der Waals surface area (Å²) < 4.78 is 18.2. The molecule has 0 N–H and O–H groups in total. The summed E-state index contributed by atoms with van der Waals surface area (Å²) in [5, 5.41) is 9.71. The fourth-order valence-electron chi connectivity index (χ4n) is 4.50. The second-order valence-electron chi connectivity index (χ2n) is 9.03. The fraction of sp³-hybridized carbons (Fsp3) is 0.233. The predicted octanol–water partition coefficient (Wildman–Crippen LogP) is 4.88. The van der Waals surface area contributed by atoms with Gasteiger partial charge < -0.3 is 19.0 Å². The third-order valence-corrected chi connectivity index (χ3v) is 6.20. The van der Waals surface area contributed by atoms with Crippen LogP contribution in [0.15, 0.2) is 91.0 Å². The minimum absolute atomic E-state index is 0.00617. The van der Waals surface area contributed by atoms with Gasteiger partial charge in [0.1, 0.15) is 13.2 Å². The van der Waals surface area contributed by atoms with Gasteiger partial charge in [-0.15, -0.1) is 10.1 Å². The molecule has 3 aromatic carbocycles. The molecule has 0 amide bonds. The van der Waals surface area contributed by atoms with Crippen LogP contribution in [-0.4, -0.2) is 34.2 Å². The number of ether oxygens (including phenoxy) is 3. The summed E-state index contributed by atoms with van der Waals surface area (Å²) in [6.45, 7) is 3.27. The lowest BCUT2D eigenvalue weighted by atomic mass is 9.81. The third kappa shape index (κ3) is 6.59. The molecular formula is C30H29N3O7. The molecule has 1 atom stereocenters. The van der Waals surface area contributed by atoms with Crippen molar-refractivity contribution in [1.82, 2.24) is 9.97 Å². The summed E-state index contributed by atoms with van der Waals surface area (Å²) in [6, 6.07) is 27.1. The average molecular weight is 544 g/mol. The van der Waals surface area contributed by atoms with E-state index in [4.69, 9.17) is 14.2 Å². The second-order valence-corrected chi connectivity index (χ2v) is 9.03. The molecule has 0 aliphatic rings. The van der Waals surface area contributed by atoms with E-state index in [0.29, 0.717) is 33.6 Å². The van der Waals surface area contributed by atoms with E-state index in [1.165, 1.54) is 7.11 Å². The number of nitrogens with zero attached hydrogens (tertiary/aromatic N) is 3. The van der Waals surface area contributed by atoms with E-state index in [1.807, 2.05) is 74.5 Å². The van der Waals surface area contributed by atoms with Crippen molar-refractivity contribution in [3.63, 3.8) is 0 Å². The zero-order valence-electron chi connectivity index (χ0n) is 22.4. The quantitative estimate of drug-likeness (QED) is 0.140. The maximum Gasteiger partial charge on any atom is 0.351 e. The zero-order valence-corrected chi connectivity index (χ0v) is 22.4. The van der Waals surface area contributed by atoms with Crippen LogP contribution in [0.2, 0.25) is 0 Å². The van der Waals surface area contributed by atoms with Crippen molar-refractivity contribution < 1.29 is 28.9 Å². The first kappa shape index (κ1) is 28.2. The number of hydrogen-bond donors (Lipinski definition) is 0. The lowest BCUT2D eigenvalue weighted by Crippen LogP contribution is -2.51. The van der Waals surface area contributed by atoms with Crippen LogP contribution in [-0.2, 0) is 37.9 Å². The maximum atomic E-state index is 13.9. The lowest BCUT2D eigenvalue weighted by Gasteiger charge is -2.38. The Hall–Kier alpha value is -4.83. The van der Waals surface area contributed by atoms with E-state index >= 15 is 0 Å². The first-order chi connectivity index (χ1) is 19.3. The summed E-state index contributed by atoms with van der Waals surface area (Å²) in [4.78, 5) is 37.8. The zero-order chi connectivity index (χ0) is 28.5. The van der Waals surface area contributed by atoms with Crippen molar-refractivity contribution in [2.75, 3.05) is 7.11 Å². The Morgan fingerprint density at radius 3 is 1.93 bits per heavy atom. The number of esters is 1. The van der Waals surface area contributed by atoms with Crippen LogP contribution in [0.4, 0.5) is 0 Å². The number of carbonyl (C=O) groups excluding carboxylic acids is 1. The molecule has 10 heteroatoms. The van der Waals surface area contributed by atoms with E-state index in [1.54, 1.807) is 30.3 Å². The molecule has 0 aliphatic carbocycles. The van der Waals surface area contributed by atoms with Gasteiger partial charge >= 0.3 is 12.0 Å². The smallest absolute Gasteiger partial charge is 0.351 e. The van der Waals surface area contributed by atoms with Gasteiger partial charge in [-0.1, -0.05) is 84.9 Å². The summed E-state index contributed by atoms with van der Waals surface area (Å²) in [7, 11) is 1.50. The molecule has 206 valence electrons. The predicted molar refractivity (Wildman–Crippen MR) is 145 cm³/mol. The monoisotopic (exact) mass is 543 g/mol. The molecule has 4 aromatic rings. The van der Waals surface area contributed by atoms with Crippen LogP contribution in [0.25, 0.3) is 0 Å². The van der Waals surface area contributed by atoms with Gasteiger partial charge in [-0.25, -0.2) is 14.8 Å². The second kappa shape index (κ2) is 12.8. The summed E-state index contributed by atoms with van der Waals surface area (Å²) >= 11 is 0. The topological polar surface area (TPSA) is 123 Å². The summed E-state index contributed by atoms with van der Waals surface area (Å²) in [5.41, 5.74) is 2.41.